The van der Waals surface area contributed by atoms with Gasteiger partial charge in [-0.3, -0.25) is 14.7 Å². The van der Waals surface area contributed by atoms with Crippen LogP contribution in [0, 0.1) is 46.3 Å². The maximum atomic E-state index is 15.3. The highest BCUT2D eigenvalue weighted by Gasteiger charge is 2.68. The molecule has 192 valence electrons. The van der Waals surface area contributed by atoms with Gasteiger partial charge in [-0.15, -0.1) is 0 Å². The number of nitrogens with zero attached hydrogens (tertiary/aromatic N) is 1. The van der Waals surface area contributed by atoms with E-state index in [1.54, 1.807) is 0 Å². The molecule has 0 heterocycles. The number of hydrogen-bond acceptors (Lipinski definition) is 1. The normalized spacial score (nSPS) is 47.6. The van der Waals surface area contributed by atoms with Crippen LogP contribution < -0.4 is 15.3 Å². The second-order valence-electron chi connectivity index (χ2n) is 15.0. The van der Waals surface area contributed by atoms with Gasteiger partial charge in [-0.25, -0.2) is 5.09 Å². The Bertz CT molecular complexity index is 1040. The van der Waals surface area contributed by atoms with Crippen molar-refractivity contribution in [3.63, 3.8) is 0 Å². The predicted molar refractivity (Wildman–Crippen MR) is 144 cm³/mol. The molecule has 8 saturated carbocycles. The van der Waals surface area contributed by atoms with Gasteiger partial charge >= 0.3 is 7.59 Å². The van der Waals surface area contributed by atoms with Gasteiger partial charge in [-0.1, -0.05) is 45.9 Å². The van der Waals surface area contributed by atoms with Gasteiger partial charge in [0.1, 0.15) is 0 Å². The molecule has 9 rings (SSSR count). The van der Waals surface area contributed by atoms with Crippen LogP contribution in [0.4, 0.5) is 5.69 Å². The predicted octanol–water partition coefficient (Wildman–Crippen LogP) is 7.36. The van der Waals surface area contributed by atoms with E-state index in [0.29, 0.717) is 5.92 Å². The van der Waals surface area contributed by atoms with Gasteiger partial charge in [-0.2, -0.15) is 0 Å². The number of anilines is 1. The van der Waals surface area contributed by atoms with Gasteiger partial charge in [0, 0.05) is 11.2 Å². The van der Waals surface area contributed by atoms with Gasteiger partial charge in [0.25, 0.3) is 0 Å². The molecule has 4 nitrogen and oxygen atoms in total. The molecule has 0 aliphatic heterocycles. The zero-order chi connectivity index (χ0) is 24.4. The molecule has 5 atom stereocenters. The second-order valence-corrected chi connectivity index (χ2v) is 16.9. The van der Waals surface area contributed by atoms with E-state index in [9.17, 15) is 0 Å². The van der Waals surface area contributed by atoms with Gasteiger partial charge < -0.3 is 0 Å². The van der Waals surface area contributed by atoms with Crippen LogP contribution in [0.3, 0.4) is 0 Å². The first-order valence-electron chi connectivity index (χ1n) is 14.5. The van der Waals surface area contributed by atoms with Crippen LogP contribution in [0.5, 0.6) is 0 Å². The van der Waals surface area contributed by atoms with Crippen molar-refractivity contribution in [3.05, 3.63) is 30.3 Å². The van der Waals surface area contributed by atoms with Crippen molar-refractivity contribution in [2.24, 2.45) is 51.8 Å². The lowest BCUT2D eigenvalue weighted by molar-refractivity contribution is -0.116. The highest BCUT2D eigenvalue weighted by Crippen LogP contribution is 2.71. The van der Waals surface area contributed by atoms with Crippen LogP contribution in [-0.2, 0) is 4.57 Å². The standard InChI is InChI=1S/C30H46N3OP/c1-27(2)24-12-20-10-21(13-24)17-29(27,16-20)32-35(31,34)33(26-8-6-5-7-9-26)30-18-22-11-23(19-30)15-25(14-22)28(30,3)4/h5-9,20-25H,10-19H2,1-4H3,(H3,31,32,34). The zero-order valence-corrected chi connectivity index (χ0v) is 23.2. The highest BCUT2D eigenvalue weighted by atomic mass is 31.2. The Morgan fingerprint density at radius 1 is 0.771 bits per heavy atom. The molecule has 0 saturated heterocycles. The first-order chi connectivity index (χ1) is 16.5. The fourth-order valence-electron chi connectivity index (χ4n) is 11.2. The monoisotopic (exact) mass is 495 g/mol. The summed E-state index contributed by atoms with van der Waals surface area (Å²) < 4.78 is 17.6. The Kier molecular flexibility index (Phi) is 4.78. The highest BCUT2D eigenvalue weighted by molar-refractivity contribution is 7.61. The quantitative estimate of drug-likeness (QED) is 0.419. The lowest BCUT2D eigenvalue weighted by atomic mass is 9.43. The number of rotatable bonds is 5. The van der Waals surface area contributed by atoms with Crippen molar-refractivity contribution in [3.8, 4) is 0 Å². The van der Waals surface area contributed by atoms with E-state index in [1.165, 1.54) is 38.5 Å². The second kappa shape index (κ2) is 7.17. The van der Waals surface area contributed by atoms with Crippen molar-refractivity contribution in [2.45, 2.75) is 103 Å². The summed E-state index contributed by atoms with van der Waals surface area (Å²) in [6.45, 7) is 9.84. The number of para-hydroxylation sites is 1. The van der Waals surface area contributed by atoms with Gasteiger partial charge in [0.15, 0.2) is 0 Å². The first-order valence-corrected chi connectivity index (χ1v) is 16.2. The van der Waals surface area contributed by atoms with E-state index in [-0.39, 0.29) is 21.9 Å². The number of hydrogen-bond donors (Lipinski definition) is 2. The fraction of sp³-hybridized carbons (Fsp3) is 0.800. The summed E-state index contributed by atoms with van der Waals surface area (Å²) in [7, 11) is -3.40. The third-order valence-corrected chi connectivity index (χ3v) is 14.8. The van der Waals surface area contributed by atoms with E-state index >= 15 is 4.57 Å². The molecule has 8 bridgehead atoms. The molecule has 35 heavy (non-hydrogen) atoms. The summed E-state index contributed by atoms with van der Waals surface area (Å²) in [4.78, 5) is 0. The average Bonchev–Trinajstić information content (AvgIpc) is 2.76. The molecule has 8 fully saturated rings. The number of nitrogens with two attached hydrogens (primary N) is 1. The summed E-state index contributed by atoms with van der Waals surface area (Å²) >= 11 is 0. The molecular formula is C30H46N3OP. The molecule has 1 aromatic carbocycles. The van der Waals surface area contributed by atoms with E-state index in [4.69, 9.17) is 5.50 Å². The van der Waals surface area contributed by atoms with E-state index in [2.05, 4.69) is 67.8 Å². The molecule has 0 spiro atoms. The van der Waals surface area contributed by atoms with Crippen LogP contribution in [0.1, 0.15) is 91.9 Å². The van der Waals surface area contributed by atoms with Crippen molar-refractivity contribution in [1.82, 2.24) is 5.09 Å². The minimum absolute atomic E-state index is 0.0873. The number of nitrogens with one attached hydrogen (secondary N) is 1. The fourth-order valence-corrected chi connectivity index (χ4v) is 13.9. The van der Waals surface area contributed by atoms with E-state index < -0.39 is 7.59 Å². The third-order valence-electron chi connectivity index (χ3n) is 12.9. The summed E-state index contributed by atoms with van der Waals surface area (Å²) in [6.07, 6.45) is 12.7. The summed E-state index contributed by atoms with van der Waals surface area (Å²) in [5, 5.41) is 3.91. The Labute approximate surface area is 212 Å². The summed E-state index contributed by atoms with van der Waals surface area (Å²) in [6, 6.07) is 10.6. The van der Waals surface area contributed by atoms with Crippen molar-refractivity contribution >= 4 is 13.3 Å². The Hall–Kier alpha value is -0.830. The van der Waals surface area contributed by atoms with Crippen LogP contribution in [0.15, 0.2) is 30.3 Å². The number of benzene rings is 1. The van der Waals surface area contributed by atoms with E-state index in [0.717, 1.165) is 61.0 Å². The molecule has 3 N–H and O–H groups in total. The van der Waals surface area contributed by atoms with Crippen molar-refractivity contribution in [1.29, 1.82) is 0 Å². The average molecular weight is 496 g/mol. The molecule has 8 aliphatic rings. The minimum Gasteiger partial charge on any atom is -0.293 e. The maximum absolute atomic E-state index is 15.3. The summed E-state index contributed by atoms with van der Waals surface area (Å²) in [5.74, 6) is 4.48. The lowest BCUT2D eigenvalue weighted by Gasteiger charge is -2.70. The SMILES string of the molecule is CC1(C)C2CC3CC(C2)CC1(NP(N)(=O)N(c1ccccc1)C12CC4CC(CC(C4)C1(C)C)C2)C3. The maximum Gasteiger partial charge on any atom is 0.304 e. The Morgan fingerprint density at radius 2 is 1.26 bits per heavy atom. The first kappa shape index (κ1) is 23.3. The smallest absolute Gasteiger partial charge is 0.293 e. The largest absolute Gasteiger partial charge is 0.304 e. The molecule has 5 unspecified atom stereocenters. The van der Waals surface area contributed by atoms with Crippen molar-refractivity contribution in [2.75, 3.05) is 4.67 Å². The van der Waals surface area contributed by atoms with Gasteiger partial charge in [-0.05, 0) is 123 Å². The molecule has 0 aromatic heterocycles. The van der Waals surface area contributed by atoms with Crippen LogP contribution in [0.25, 0.3) is 0 Å². The van der Waals surface area contributed by atoms with Gasteiger partial charge in [0.2, 0.25) is 0 Å². The van der Waals surface area contributed by atoms with Crippen molar-refractivity contribution < 1.29 is 4.57 Å². The Morgan fingerprint density at radius 3 is 1.80 bits per heavy atom. The van der Waals surface area contributed by atoms with Gasteiger partial charge in [0.05, 0.1) is 5.54 Å². The van der Waals surface area contributed by atoms with E-state index in [1.807, 2.05) is 0 Å². The zero-order valence-electron chi connectivity index (χ0n) is 22.3. The van der Waals surface area contributed by atoms with Crippen LogP contribution >= 0.6 is 7.59 Å². The topological polar surface area (TPSA) is 58.4 Å². The molecule has 1 aromatic rings. The molecule has 5 heteroatoms. The lowest BCUT2D eigenvalue weighted by Crippen LogP contribution is -2.72. The summed E-state index contributed by atoms with van der Waals surface area (Å²) in [5.41, 5.74) is 8.25. The molecular weight excluding hydrogens is 449 g/mol. The van der Waals surface area contributed by atoms with Crippen LogP contribution in [-0.4, -0.2) is 11.1 Å². The molecule has 8 aliphatic carbocycles. The Balaban J connectivity index is 1.35. The minimum atomic E-state index is -3.40. The molecule has 0 amide bonds. The van der Waals surface area contributed by atoms with Crippen LogP contribution in [0.2, 0.25) is 0 Å². The third kappa shape index (κ3) is 3.03. The molecule has 0 radical (unpaired) electrons.